The highest BCUT2D eigenvalue weighted by atomic mass is 32.1. The second-order valence-corrected chi connectivity index (χ2v) is 46.2. The van der Waals surface area contributed by atoms with Crippen molar-refractivity contribution in [2.45, 2.75) is 479 Å². The van der Waals surface area contributed by atoms with Crippen molar-refractivity contribution in [1.82, 2.24) is 9.80 Å². The molecule has 2 atom stereocenters. The van der Waals surface area contributed by atoms with E-state index >= 15 is 9.59 Å². The van der Waals surface area contributed by atoms with Crippen LogP contribution in [-0.2, 0) is 22.4 Å². The van der Waals surface area contributed by atoms with Gasteiger partial charge in [-0.15, -0.1) is 90.7 Å². The van der Waals surface area contributed by atoms with Crippen molar-refractivity contribution in [1.29, 1.82) is 0 Å². The zero-order valence-corrected chi connectivity index (χ0v) is 84.2. The van der Waals surface area contributed by atoms with Crippen LogP contribution in [0.5, 0.6) is 0 Å². The average Bonchev–Trinajstić information content (AvgIpc) is 1.54. The minimum absolute atomic E-state index is 0.0694. The predicted molar refractivity (Wildman–Crippen MR) is 547 cm³/mol. The highest BCUT2D eigenvalue weighted by Crippen LogP contribution is 2.59. The van der Waals surface area contributed by atoms with Crippen molar-refractivity contribution in [3.8, 4) is 19.5 Å². The number of carbonyl (C=O) groups excluding carboxylic acids is 2. The van der Waals surface area contributed by atoms with Gasteiger partial charge in [0.2, 0.25) is 0 Å². The Morgan fingerprint density at radius 3 is 0.742 bits per heavy atom. The summed E-state index contributed by atoms with van der Waals surface area (Å²) in [5, 5.41) is 0. The number of amides is 2. The maximum absolute atomic E-state index is 16.4. The Morgan fingerprint density at radius 2 is 0.458 bits per heavy atom. The highest BCUT2D eigenvalue weighted by molar-refractivity contribution is 7.49. The van der Waals surface area contributed by atoms with E-state index in [1.807, 2.05) is 22.7 Å². The topological polar surface area (TPSA) is 40.6 Å². The lowest BCUT2D eigenvalue weighted by Crippen LogP contribution is -2.32. The molecule has 0 aromatic carbocycles. The third-order valence-corrected chi connectivity index (χ3v) is 37.8. The SMILES string of the molecule is CCCCCCCCCCCCCCCCCc1c(-c2ccc(C)s2)sc2c1sc1c2sc2c3sc(-c4ccc(C5=C6C(=O)N(CCC(CCCCCCCC)CCCCCCCCCC)C(c7ccc(C)s7)=C6C(=O)N5CCC(CCCCCCCC)CCCCCCCCCC)s4)c(CCCCCCCCCCCCCCCCC)c3sc21. The minimum Gasteiger partial charge on any atom is -0.306 e. The Kier molecular flexibility index (Phi) is 47.8. The van der Waals surface area contributed by atoms with Gasteiger partial charge in [0, 0.05) is 42.4 Å². The van der Waals surface area contributed by atoms with Gasteiger partial charge in [0.05, 0.1) is 69.9 Å². The molecular weight excluding hydrogens is 1610 g/mol. The van der Waals surface area contributed by atoms with Crippen molar-refractivity contribution in [3.05, 3.63) is 78.2 Å². The lowest BCUT2D eigenvalue weighted by molar-refractivity contribution is -0.124. The number of rotatable bonds is 74. The van der Waals surface area contributed by atoms with E-state index in [1.54, 1.807) is 27.2 Å². The first kappa shape index (κ1) is 99.2. The molecule has 0 radical (unpaired) electrons. The van der Waals surface area contributed by atoms with Crippen molar-refractivity contribution in [3.63, 3.8) is 0 Å². The molecule has 0 saturated carbocycles. The fourth-order valence-corrected chi connectivity index (χ4v) is 30.8. The lowest BCUT2D eigenvalue weighted by atomic mass is 9.91. The van der Waals surface area contributed by atoms with Gasteiger partial charge in [-0.2, -0.15) is 0 Å². The molecule has 2 unspecified atom stereocenters. The number of thiophene rings is 8. The van der Waals surface area contributed by atoms with Gasteiger partial charge >= 0.3 is 0 Å². The number of aryl methyl sites for hydroxylation is 4. The van der Waals surface area contributed by atoms with Crippen molar-refractivity contribution >= 4 is 152 Å². The Hall–Kier alpha value is -2.94. The Balaban J connectivity index is 0.965. The zero-order valence-electron chi connectivity index (χ0n) is 77.7. The number of hydrogen-bond acceptors (Lipinski definition) is 10. The van der Waals surface area contributed by atoms with E-state index in [0.29, 0.717) is 36.1 Å². The van der Waals surface area contributed by atoms with Crippen LogP contribution < -0.4 is 0 Å². The molecule has 2 aliphatic heterocycles. The molecule has 2 aliphatic rings. The van der Waals surface area contributed by atoms with Crippen LogP contribution in [0.1, 0.15) is 483 Å². The summed E-state index contributed by atoms with van der Waals surface area (Å²) in [6, 6.07) is 14.0. The monoisotopic (exact) mass is 1780 g/mol. The van der Waals surface area contributed by atoms with E-state index < -0.39 is 0 Å². The van der Waals surface area contributed by atoms with E-state index in [-0.39, 0.29) is 11.8 Å². The summed E-state index contributed by atoms with van der Waals surface area (Å²) in [4.78, 5) is 47.7. The summed E-state index contributed by atoms with van der Waals surface area (Å²) in [5.74, 6) is 1.26. The molecule has 120 heavy (non-hydrogen) atoms. The van der Waals surface area contributed by atoms with E-state index in [4.69, 9.17) is 0 Å². The number of fused-ring (bicyclic) bond motifs is 8. The molecule has 0 fully saturated rings. The Morgan fingerprint density at radius 1 is 0.233 bits per heavy atom. The molecule has 0 aliphatic carbocycles. The molecule has 0 bridgehead atoms. The van der Waals surface area contributed by atoms with E-state index in [2.05, 4.69) is 158 Å². The quantitative estimate of drug-likeness (QED) is 0.0357. The summed E-state index contributed by atoms with van der Waals surface area (Å²) in [6.07, 6.45) is 87.8. The smallest absolute Gasteiger partial charge is 0.261 e. The van der Waals surface area contributed by atoms with Gasteiger partial charge in [-0.1, -0.05) is 427 Å². The Bertz CT molecular complexity index is 4200. The second-order valence-electron chi connectivity index (χ2n) is 37.5. The number of hydrogen-bond donors (Lipinski definition) is 0. The van der Waals surface area contributed by atoms with Gasteiger partial charge in [0.25, 0.3) is 11.8 Å². The van der Waals surface area contributed by atoms with Crippen LogP contribution >= 0.6 is 90.7 Å². The number of carbonyl (C=O) groups is 2. The molecule has 12 heteroatoms. The molecule has 10 heterocycles. The van der Waals surface area contributed by atoms with Crippen LogP contribution in [-0.4, -0.2) is 34.7 Å². The first-order valence-corrected chi connectivity index (χ1v) is 57.9. The minimum atomic E-state index is 0.0694. The summed E-state index contributed by atoms with van der Waals surface area (Å²) in [6.45, 7) is 19.8. The van der Waals surface area contributed by atoms with Crippen molar-refractivity contribution in [2.75, 3.05) is 13.1 Å². The summed E-state index contributed by atoms with van der Waals surface area (Å²) >= 11 is 16.2. The molecule has 8 aromatic rings. The molecule has 2 amide bonds. The van der Waals surface area contributed by atoms with E-state index in [9.17, 15) is 0 Å². The van der Waals surface area contributed by atoms with Gasteiger partial charge < -0.3 is 9.80 Å². The lowest BCUT2D eigenvalue weighted by Gasteiger charge is -2.27. The van der Waals surface area contributed by atoms with E-state index in [1.165, 1.54) is 467 Å². The van der Waals surface area contributed by atoms with Crippen molar-refractivity contribution in [2.24, 2.45) is 11.8 Å². The fourth-order valence-electron chi connectivity index (χ4n) is 19.8. The molecule has 4 nitrogen and oxygen atoms in total. The number of nitrogens with zero attached hydrogens (tertiary/aromatic N) is 2. The van der Waals surface area contributed by atoms with Crippen LogP contribution in [0, 0.1) is 25.7 Å². The van der Waals surface area contributed by atoms with Gasteiger partial charge in [0.15, 0.2) is 0 Å². The van der Waals surface area contributed by atoms with Crippen molar-refractivity contribution < 1.29 is 9.59 Å². The molecular formula is C108H168N2O2S8. The van der Waals surface area contributed by atoms with Crippen LogP contribution in [0.2, 0.25) is 0 Å². The largest absolute Gasteiger partial charge is 0.306 e. The maximum Gasteiger partial charge on any atom is 0.261 e. The van der Waals surface area contributed by atoms with Gasteiger partial charge in [-0.3, -0.25) is 9.59 Å². The standard InChI is InChI=1S/C108H168N2O2S8/c1-9-15-21-27-33-37-39-41-43-45-47-49-53-59-65-71-87-97(91-76-74-84(8)114-91)116-101-99(87)118-105-103(101)120-104-102-100(119-106(104)105)88(72-66-60-54-50-48-46-44-42-40-38-34-28-22-16-10-2)98(117-102)92-78-77-90(115-92)96-94-93(107(111)110(96)82-80-86(68-62-56-32-26-20-14-6)70-64-58-52-36-30-24-18-12-4)95(89-75-73-83(7)113-89)109(108(94)112)81-79-85(67-61-55-31-25-19-13-5)69-63-57-51-35-29-23-17-11-3/h73-78,85-86H,9-72,79-82H2,1-8H3. The van der Waals surface area contributed by atoms with Crippen LogP contribution in [0.15, 0.2) is 47.5 Å². The normalized spacial score (nSPS) is 14.0. The Labute approximate surface area is 766 Å². The highest BCUT2D eigenvalue weighted by Gasteiger charge is 2.50. The first-order valence-electron chi connectivity index (χ1n) is 51.3. The molecule has 670 valence electrons. The van der Waals surface area contributed by atoms with E-state index in [0.717, 1.165) is 40.4 Å². The number of unbranched alkanes of at least 4 members (excludes halogenated alkanes) is 52. The molecule has 0 saturated heterocycles. The maximum atomic E-state index is 16.4. The summed E-state index contributed by atoms with van der Waals surface area (Å²) in [5.41, 5.74) is 6.39. The predicted octanol–water partition coefficient (Wildman–Crippen LogP) is 40.0. The van der Waals surface area contributed by atoms with Gasteiger partial charge in [-0.25, -0.2) is 0 Å². The van der Waals surface area contributed by atoms with Crippen LogP contribution in [0.3, 0.4) is 0 Å². The third kappa shape index (κ3) is 30.9. The van der Waals surface area contributed by atoms with Gasteiger partial charge in [0.1, 0.15) is 0 Å². The average molecular weight is 1780 g/mol. The molecule has 8 aromatic heterocycles. The van der Waals surface area contributed by atoms with Crippen LogP contribution in [0.25, 0.3) is 68.5 Å². The zero-order chi connectivity index (χ0) is 84.1. The molecule has 0 N–H and O–H groups in total. The summed E-state index contributed by atoms with van der Waals surface area (Å²) < 4.78 is 12.2. The second kappa shape index (κ2) is 57.8. The third-order valence-electron chi connectivity index (χ3n) is 27.2. The molecule has 0 spiro atoms. The first-order chi connectivity index (χ1) is 59.1. The van der Waals surface area contributed by atoms with Crippen LogP contribution in [0.4, 0.5) is 0 Å². The van der Waals surface area contributed by atoms with Gasteiger partial charge in [-0.05, 0) is 112 Å². The summed E-state index contributed by atoms with van der Waals surface area (Å²) in [7, 11) is 0. The molecule has 10 rings (SSSR count). The fraction of sp³-hybridized carbons (Fsp3) is 0.722.